The van der Waals surface area contributed by atoms with Gasteiger partial charge in [-0.05, 0) is 79.1 Å². The molecule has 3 nitrogen and oxygen atoms in total. The van der Waals surface area contributed by atoms with Gasteiger partial charge >= 0.3 is 0 Å². The fraction of sp³-hybridized carbons (Fsp3) is 0.455. The Kier molecular flexibility index (Phi) is 6.89. The summed E-state index contributed by atoms with van der Waals surface area (Å²) in [4.78, 5) is 0. The molecule has 0 amide bonds. The number of aryl methyl sites for hydroxylation is 2. The average molecular weight is 342 g/mol. The van der Waals surface area contributed by atoms with Gasteiger partial charge in [-0.25, -0.2) is 0 Å². The van der Waals surface area contributed by atoms with E-state index in [1.54, 1.807) is 7.11 Å². The lowest BCUT2D eigenvalue weighted by Crippen LogP contribution is -2.04. The van der Waals surface area contributed by atoms with E-state index in [2.05, 4.69) is 58.0 Å². The van der Waals surface area contributed by atoms with Crippen LogP contribution in [0.5, 0.6) is 11.5 Å². The molecular weight excluding hydrogens is 312 g/mol. The molecule has 2 rings (SSSR count). The highest BCUT2D eigenvalue weighted by atomic mass is 16.7. The maximum Gasteiger partial charge on any atom is 0.188 e. The maximum atomic E-state index is 5.70. The fourth-order valence-electron chi connectivity index (χ4n) is 3.10. The minimum atomic E-state index is 0.274. The third-order valence-electron chi connectivity index (χ3n) is 4.39. The Labute approximate surface area is 151 Å². The monoisotopic (exact) mass is 342 g/mol. The van der Waals surface area contributed by atoms with Crippen LogP contribution in [0.4, 0.5) is 0 Å². The van der Waals surface area contributed by atoms with E-state index in [9.17, 15) is 0 Å². The summed E-state index contributed by atoms with van der Waals surface area (Å²) in [6.07, 6.45) is 0.911. The van der Waals surface area contributed by atoms with Crippen molar-refractivity contribution in [2.45, 2.75) is 47.0 Å². The molecule has 0 atom stereocenters. The van der Waals surface area contributed by atoms with Gasteiger partial charge in [0.15, 0.2) is 6.79 Å². The van der Waals surface area contributed by atoms with E-state index in [0.717, 1.165) is 17.9 Å². The van der Waals surface area contributed by atoms with Crippen molar-refractivity contribution in [1.29, 1.82) is 0 Å². The number of hydrogen-bond donors (Lipinski definition) is 0. The van der Waals surface area contributed by atoms with Gasteiger partial charge in [0.25, 0.3) is 0 Å². The smallest absolute Gasteiger partial charge is 0.188 e. The molecule has 0 spiro atoms. The first kappa shape index (κ1) is 19.3. The Hall–Kier alpha value is -2.00. The molecule has 0 saturated carbocycles. The molecule has 3 heteroatoms. The van der Waals surface area contributed by atoms with Crippen LogP contribution in [0.15, 0.2) is 30.3 Å². The molecule has 0 bridgehead atoms. The van der Waals surface area contributed by atoms with Crippen molar-refractivity contribution in [3.63, 3.8) is 0 Å². The van der Waals surface area contributed by atoms with E-state index in [1.165, 1.54) is 27.8 Å². The molecule has 2 aromatic carbocycles. The van der Waals surface area contributed by atoms with Crippen molar-refractivity contribution in [1.82, 2.24) is 0 Å². The molecule has 0 aromatic heterocycles. The van der Waals surface area contributed by atoms with E-state index in [1.807, 2.05) is 6.92 Å². The van der Waals surface area contributed by atoms with Crippen molar-refractivity contribution in [3.8, 4) is 11.5 Å². The second-order valence-corrected chi connectivity index (χ2v) is 6.72. The van der Waals surface area contributed by atoms with Crippen molar-refractivity contribution < 1.29 is 14.2 Å². The third-order valence-corrected chi connectivity index (χ3v) is 4.39. The molecule has 25 heavy (non-hydrogen) atoms. The molecule has 136 valence electrons. The van der Waals surface area contributed by atoms with Crippen molar-refractivity contribution in [2.75, 3.05) is 20.5 Å². The van der Waals surface area contributed by atoms with Gasteiger partial charge in [0, 0.05) is 7.11 Å². The highest BCUT2D eigenvalue weighted by Gasteiger charge is 2.12. The summed E-state index contributed by atoms with van der Waals surface area (Å²) in [5.41, 5.74) is 6.42. The van der Waals surface area contributed by atoms with Crippen molar-refractivity contribution >= 4 is 0 Å². The maximum absolute atomic E-state index is 5.70. The summed E-state index contributed by atoms with van der Waals surface area (Å²) in [6.45, 7) is 11.7. The van der Waals surface area contributed by atoms with Crippen molar-refractivity contribution in [2.24, 2.45) is 0 Å². The van der Waals surface area contributed by atoms with E-state index in [0.29, 0.717) is 12.5 Å². The Morgan fingerprint density at radius 3 is 2.20 bits per heavy atom. The van der Waals surface area contributed by atoms with Gasteiger partial charge in [-0.15, -0.1) is 0 Å². The molecular formula is C22H30O3. The molecule has 0 aliphatic carbocycles. The molecule has 0 heterocycles. The Bertz CT molecular complexity index is 681. The predicted molar refractivity (Wildman–Crippen MR) is 103 cm³/mol. The zero-order valence-corrected chi connectivity index (χ0v) is 16.3. The molecule has 0 radical (unpaired) electrons. The summed E-state index contributed by atoms with van der Waals surface area (Å²) in [5.74, 6) is 2.25. The van der Waals surface area contributed by atoms with E-state index in [-0.39, 0.29) is 6.79 Å². The number of methoxy groups -OCH3 is 1. The van der Waals surface area contributed by atoms with Crippen LogP contribution >= 0.6 is 0 Å². The Balaban J connectivity index is 2.29. The van der Waals surface area contributed by atoms with E-state index >= 15 is 0 Å². The second kappa shape index (κ2) is 8.91. The Morgan fingerprint density at radius 2 is 1.64 bits per heavy atom. The molecule has 2 aromatic rings. The normalized spacial score (nSPS) is 11.0. The van der Waals surface area contributed by atoms with Gasteiger partial charge in [0.2, 0.25) is 0 Å². The lowest BCUT2D eigenvalue weighted by atomic mass is 9.93. The quantitative estimate of drug-likeness (QED) is 0.601. The van der Waals surface area contributed by atoms with Crippen LogP contribution in [0.3, 0.4) is 0 Å². The average Bonchev–Trinajstić information content (AvgIpc) is 2.57. The Morgan fingerprint density at radius 1 is 0.960 bits per heavy atom. The standard InChI is InChI=1S/C22H30O3/c1-7-24-19-10-16(4)21(17(5)11-19)13-18-8-9-22(25-14-23-6)20(12-18)15(2)3/h8-12,15H,7,13-14H2,1-6H3. The highest BCUT2D eigenvalue weighted by Crippen LogP contribution is 2.30. The van der Waals surface area contributed by atoms with Crippen LogP contribution in [-0.4, -0.2) is 20.5 Å². The molecule has 0 aliphatic rings. The van der Waals surface area contributed by atoms with Gasteiger partial charge in [-0.2, -0.15) is 0 Å². The molecule has 0 fully saturated rings. The van der Waals surface area contributed by atoms with Crippen LogP contribution in [0, 0.1) is 13.8 Å². The highest BCUT2D eigenvalue weighted by molar-refractivity contribution is 5.46. The SMILES string of the molecule is CCOc1cc(C)c(Cc2ccc(OCOC)c(C(C)C)c2)c(C)c1. The first-order chi connectivity index (χ1) is 12.0. The lowest BCUT2D eigenvalue weighted by Gasteiger charge is -2.17. The van der Waals surface area contributed by atoms with Crippen LogP contribution in [0.2, 0.25) is 0 Å². The van der Waals surface area contributed by atoms with Gasteiger partial charge < -0.3 is 14.2 Å². The minimum absolute atomic E-state index is 0.274. The van der Waals surface area contributed by atoms with Gasteiger partial charge in [0.1, 0.15) is 11.5 Å². The van der Waals surface area contributed by atoms with Gasteiger partial charge in [-0.1, -0.05) is 26.0 Å². The van der Waals surface area contributed by atoms with Gasteiger partial charge in [-0.3, -0.25) is 0 Å². The predicted octanol–water partition coefficient (Wildman–Crippen LogP) is 5.40. The number of hydrogen-bond acceptors (Lipinski definition) is 3. The number of rotatable bonds is 8. The van der Waals surface area contributed by atoms with Crippen LogP contribution in [-0.2, 0) is 11.2 Å². The van der Waals surface area contributed by atoms with Gasteiger partial charge in [0.05, 0.1) is 6.61 Å². The first-order valence-corrected chi connectivity index (χ1v) is 8.93. The largest absolute Gasteiger partial charge is 0.494 e. The zero-order chi connectivity index (χ0) is 18.4. The molecule has 0 aliphatic heterocycles. The number of ether oxygens (including phenoxy) is 3. The molecule has 0 saturated heterocycles. The summed E-state index contributed by atoms with van der Waals surface area (Å²) in [7, 11) is 1.64. The fourth-order valence-corrected chi connectivity index (χ4v) is 3.10. The summed E-state index contributed by atoms with van der Waals surface area (Å²) in [6, 6.07) is 10.7. The molecule has 0 unspecified atom stereocenters. The third kappa shape index (κ3) is 4.99. The van der Waals surface area contributed by atoms with Crippen LogP contribution in [0.1, 0.15) is 54.5 Å². The zero-order valence-electron chi connectivity index (χ0n) is 16.3. The summed E-state index contributed by atoms with van der Waals surface area (Å²) >= 11 is 0. The van der Waals surface area contributed by atoms with Crippen LogP contribution in [0.25, 0.3) is 0 Å². The topological polar surface area (TPSA) is 27.7 Å². The summed E-state index contributed by atoms with van der Waals surface area (Å²) < 4.78 is 16.4. The minimum Gasteiger partial charge on any atom is -0.494 e. The van der Waals surface area contributed by atoms with Crippen LogP contribution < -0.4 is 9.47 Å². The molecule has 0 N–H and O–H groups in total. The number of benzene rings is 2. The first-order valence-electron chi connectivity index (χ1n) is 8.93. The van der Waals surface area contributed by atoms with Crippen molar-refractivity contribution in [3.05, 3.63) is 58.1 Å². The van der Waals surface area contributed by atoms with E-state index in [4.69, 9.17) is 14.2 Å². The second-order valence-electron chi connectivity index (χ2n) is 6.72. The lowest BCUT2D eigenvalue weighted by molar-refractivity contribution is 0.0502. The van der Waals surface area contributed by atoms with E-state index < -0.39 is 0 Å². The summed E-state index contributed by atoms with van der Waals surface area (Å²) in [5, 5.41) is 0.